The predicted molar refractivity (Wildman–Crippen MR) is 117 cm³/mol. The van der Waals surface area contributed by atoms with E-state index in [9.17, 15) is 9.59 Å². The molecule has 1 N–H and O–H groups in total. The van der Waals surface area contributed by atoms with Crippen LogP contribution in [0.4, 0.5) is 5.95 Å². The van der Waals surface area contributed by atoms with E-state index in [4.69, 9.17) is 4.74 Å². The van der Waals surface area contributed by atoms with Gasteiger partial charge in [0.2, 0.25) is 11.9 Å². The van der Waals surface area contributed by atoms with Gasteiger partial charge in [0.15, 0.2) is 0 Å². The van der Waals surface area contributed by atoms with Crippen molar-refractivity contribution in [1.29, 1.82) is 0 Å². The van der Waals surface area contributed by atoms with Crippen molar-refractivity contribution >= 4 is 11.9 Å². The van der Waals surface area contributed by atoms with E-state index in [2.05, 4.69) is 30.7 Å². The Bertz CT molecular complexity index is 698. The van der Waals surface area contributed by atoms with Crippen LogP contribution in [0, 0.1) is 6.92 Å². The van der Waals surface area contributed by atoms with Crippen LogP contribution in [0.1, 0.15) is 70.6 Å². The number of nitrogens with one attached hydrogen (secondary N) is 1. The second kappa shape index (κ2) is 12.0. The molecule has 2 heterocycles. The number of rotatable bonds is 11. The van der Waals surface area contributed by atoms with Gasteiger partial charge in [-0.15, -0.1) is 0 Å². The second-order valence-corrected chi connectivity index (χ2v) is 7.98. The van der Waals surface area contributed by atoms with E-state index in [1.165, 1.54) is 0 Å². The number of carbonyl (C=O) groups excluding carboxylic acids is 1. The lowest BCUT2D eigenvalue weighted by atomic mass is 10.1. The molecular weight excluding hydrogens is 368 g/mol. The maximum absolute atomic E-state index is 12.9. The van der Waals surface area contributed by atoms with Crippen molar-refractivity contribution < 1.29 is 9.53 Å². The smallest absolute Gasteiger partial charge is 0.255 e. The Labute approximate surface area is 174 Å². The van der Waals surface area contributed by atoms with E-state index in [0.29, 0.717) is 43.3 Å². The number of aromatic amines is 1. The van der Waals surface area contributed by atoms with Crippen molar-refractivity contribution in [3.05, 3.63) is 21.6 Å². The van der Waals surface area contributed by atoms with Gasteiger partial charge in [-0.25, -0.2) is 4.98 Å². The number of hydrogen-bond donors (Lipinski definition) is 1. The van der Waals surface area contributed by atoms with Gasteiger partial charge in [0, 0.05) is 43.4 Å². The van der Waals surface area contributed by atoms with Gasteiger partial charge in [-0.1, -0.05) is 33.1 Å². The number of carbonyl (C=O) groups is 1. The summed E-state index contributed by atoms with van der Waals surface area (Å²) in [4.78, 5) is 37.1. The second-order valence-electron chi connectivity index (χ2n) is 7.98. The average molecular weight is 407 g/mol. The first-order valence-corrected chi connectivity index (χ1v) is 11.2. The Morgan fingerprint density at radius 1 is 1.24 bits per heavy atom. The normalized spacial score (nSPS) is 15.4. The zero-order valence-corrected chi connectivity index (χ0v) is 18.6. The van der Waals surface area contributed by atoms with Crippen LogP contribution in [-0.2, 0) is 16.0 Å². The van der Waals surface area contributed by atoms with Crippen molar-refractivity contribution in [2.45, 2.75) is 78.7 Å². The maximum atomic E-state index is 12.9. The molecule has 1 unspecified atom stereocenters. The highest BCUT2D eigenvalue weighted by atomic mass is 16.5. The fourth-order valence-electron chi connectivity index (χ4n) is 3.89. The van der Waals surface area contributed by atoms with Crippen molar-refractivity contribution in [2.75, 3.05) is 37.7 Å². The molecule has 1 aromatic heterocycles. The summed E-state index contributed by atoms with van der Waals surface area (Å²) < 4.78 is 5.36. The van der Waals surface area contributed by atoms with E-state index >= 15 is 0 Å². The van der Waals surface area contributed by atoms with Crippen molar-refractivity contribution in [2.24, 2.45) is 0 Å². The fraction of sp³-hybridized carbons (Fsp3) is 0.773. The van der Waals surface area contributed by atoms with Crippen LogP contribution >= 0.6 is 0 Å². The molecule has 7 heteroatoms. The van der Waals surface area contributed by atoms with Gasteiger partial charge < -0.3 is 14.5 Å². The maximum Gasteiger partial charge on any atom is 0.255 e. The molecule has 0 saturated carbocycles. The molecule has 29 heavy (non-hydrogen) atoms. The van der Waals surface area contributed by atoms with Crippen LogP contribution in [-0.4, -0.2) is 59.7 Å². The highest BCUT2D eigenvalue weighted by molar-refractivity contribution is 5.76. The first kappa shape index (κ1) is 23.4. The molecule has 1 aromatic rings. The summed E-state index contributed by atoms with van der Waals surface area (Å²) in [6.07, 6.45) is 6.15. The van der Waals surface area contributed by atoms with E-state index in [-0.39, 0.29) is 17.5 Å². The van der Waals surface area contributed by atoms with Gasteiger partial charge >= 0.3 is 0 Å². The minimum absolute atomic E-state index is 0.133. The van der Waals surface area contributed by atoms with Crippen molar-refractivity contribution in [1.82, 2.24) is 14.9 Å². The summed E-state index contributed by atoms with van der Waals surface area (Å²) in [6, 6.07) is 0.241. The lowest BCUT2D eigenvalue weighted by Gasteiger charge is -2.29. The van der Waals surface area contributed by atoms with Crippen LogP contribution in [0.25, 0.3) is 0 Å². The summed E-state index contributed by atoms with van der Waals surface area (Å²) in [5.41, 5.74) is 1.19. The molecule has 1 amide bonds. The molecule has 0 spiro atoms. The third-order valence-corrected chi connectivity index (χ3v) is 5.67. The number of aryl methyl sites for hydroxylation is 1. The highest BCUT2D eigenvalue weighted by Crippen LogP contribution is 2.14. The molecule has 1 aliphatic heterocycles. The topological polar surface area (TPSA) is 78.5 Å². The standard InChI is InChI=1S/C22H38N4O3/c1-5-7-8-12-26(17(3)9-6-2)20(27)11-10-19-18(4)23-22(24-21(19)28)25-13-15-29-16-14-25/h17H,5-16H2,1-4H3,(H,23,24,28). The monoisotopic (exact) mass is 406 g/mol. The van der Waals surface area contributed by atoms with Gasteiger partial charge in [-0.05, 0) is 33.1 Å². The average Bonchev–Trinajstić information content (AvgIpc) is 2.71. The molecule has 1 saturated heterocycles. The van der Waals surface area contributed by atoms with Gasteiger partial charge in [0.05, 0.1) is 13.2 Å². The zero-order valence-electron chi connectivity index (χ0n) is 18.6. The van der Waals surface area contributed by atoms with Crippen LogP contribution in [0.3, 0.4) is 0 Å². The van der Waals surface area contributed by atoms with Gasteiger partial charge in [-0.2, -0.15) is 0 Å². The van der Waals surface area contributed by atoms with Crippen molar-refractivity contribution in [3.8, 4) is 0 Å². The quantitative estimate of drug-likeness (QED) is 0.572. The Morgan fingerprint density at radius 3 is 2.59 bits per heavy atom. The predicted octanol–water partition coefficient (Wildman–Crippen LogP) is 3.05. The largest absolute Gasteiger partial charge is 0.378 e. The summed E-state index contributed by atoms with van der Waals surface area (Å²) in [6.45, 7) is 11.8. The van der Waals surface area contributed by atoms with Crippen LogP contribution < -0.4 is 10.5 Å². The summed E-state index contributed by atoms with van der Waals surface area (Å²) in [7, 11) is 0. The number of aromatic nitrogens is 2. The lowest BCUT2D eigenvalue weighted by molar-refractivity contribution is -0.133. The van der Waals surface area contributed by atoms with Crippen LogP contribution in [0.2, 0.25) is 0 Å². The van der Waals surface area contributed by atoms with Gasteiger partial charge in [0.1, 0.15) is 0 Å². The van der Waals surface area contributed by atoms with E-state index in [0.717, 1.165) is 51.7 Å². The minimum Gasteiger partial charge on any atom is -0.378 e. The molecule has 1 atom stereocenters. The number of anilines is 1. The van der Waals surface area contributed by atoms with Crippen LogP contribution in [0.5, 0.6) is 0 Å². The molecule has 0 aromatic carbocycles. The number of amides is 1. The fourth-order valence-corrected chi connectivity index (χ4v) is 3.89. The Morgan fingerprint density at radius 2 is 1.97 bits per heavy atom. The summed E-state index contributed by atoms with van der Waals surface area (Å²) in [5.74, 6) is 0.738. The molecular formula is C22H38N4O3. The molecule has 2 rings (SSSR count). The summed E-state index contributed by atoms with van der Waals surface area (Å²) in [5, 5.41) is 0. The molecule has 164 valence electrons. The lowest BCUT2D eigenvalue weighted by Crippen LogP contribution is -2.40. The van der Waals surface area contributed by atoms with E-state index in [1.54, 1.807) is 0 Å². The van der Waals surface area contributed by atoms with E-state index < -0.39 is 0 Å². The number of morpholine rings is 1. The number of hydrogen-bond acceptors (Lipinski definition) is 5. The first-order chi connectivity index (χ1) is 14.0. The molecule has 1 fully saturated rings. The van der Waals surface area contributed by atoms with Crippen LogP contribution in [0.15, 0.2) is 4.79 Å². The third-order valence-electron chi connectivity index (χ3n) is 5.67. The molecule has 1 aliphatic rings. The number of H-pyrrole nitrogens is 1. The van der Waals surface area contributed by atoms with Crippen molar-refractivity contribution in [3.63, 3.8) is 0 Å². The molecule has 0 bridgehead atoms. The Kier molecular flexibility index (Phi) is 9.64. The third kappa shape index (κ3) is 6.84. The van der Waals surface area contributed by atoms with E-state index in [1.807, 2.05) is 16.7 Å². The zero-order chi connectivity index (χ0) is 21.2. The molecule has 0 aliphatic carbocycles. The first-order valence-electron chi connectivity index (χ1n) is 11.2. The molecule has 7 nitrogen and oxygen atoms in total. The highest BCUT2D eigenvalue weighted by Gasteiger charge is 2.21. The SMILES string of the molecule is CCCCCN(C(=O)CCc1c(C)nc(N2CCOCC2)[nH]c1=O)C(C)CCC. The summed E-state index contributed by atoms with van der Waals surface area (Å²) >= 11 is 0. The Hall–Kier alpha value is -1.89. The number of nitrogens with zero attached hydrogens (tertiary/aromatic N) is 3. The number of ether oxygens (including phenoxy) is 1. The van der Waals surface area contributed by atoms with Gasteiger partial charge in [0.25, 0.3) is 5.56 Å². The van der Waals surface area contributed by atoms with Gasteiger partial charge in [-0.3, -0.25) is 14.6 Å². The number of unbranched alkanes of at least 4 members (excludes halogenated alkanes) is 2. The Balaban J connectivity index is 2.03. The molecule has 0 radical (unpaired) electrons. The minimum atomic E-state index is -0.133.